The van der Waals surface area contributed by atoms with E-state index in [-0.39, 0.29) is 0 Å². The third kappa shape index (κ3) is 3.62. The third-order valence-electron chi connectivity index (χ3n) is 3.09. The van der Waals surface area contributed by atoms with E-state index in [0.29, 0.717) is 6.61 Å². The van der Waals surface area contributed by atoms with E-state index >= 15 is 0 Å². The minimum Gasteiger partial charge on any atom is -0.492 e. The molecule has 0 aliphatic rings. The zero-order chi connectivity index (χ0) is 14.5. The van der Waals surface area contributed by atoms with Gasteiger partial charge in [-0.15, -0.1) is 0 Å². The number of halogens is 1. The topological polar surface area (TPSA) is 29.5 Å². The summed E-state index contributed by atoms with van der Waals surface area (Å²) in [5, 5.41) is 10.4. The Bertz CT molecular complexity index is 581. The number of aryl methyl sites for hydroxylation is 1. The second kappa shape index (κ2) is 6.91. The number of aliphatic hydroxyl groups excluding tert-OH is 1. The number of hydrogen-bond donors (Lipinski definition) is 1. The van der Waals surface area contributed by atoms with Crippen LogP contribution in [0.4, 0.5) is 0 Å². The van der Waals surface area contributed by atoms with Crippen molar-refractivity contribution in [2.24, 2.45) is 0 Å². The van der Waals surface area contributed by atoms with Crippen LogP contribution >= 0.6 is 15.9 Å². The molecule has 0 saturated heterocycles. The number of ether oxygens (including phenoxy) is 1. The molecule has 0 bridgehead atoms. The highest BCUT2D eigenvalue weighted by molar-refractivity contribution is 9.10. The predicted octanol–water partition coefficient (Wildman–Crippen LogP) is 4.63. The second-order valence-corrected chi connectivity index (χ2v) is 5.71. The van der Waals surface area contributed by atoms with E-state index in [9.17, 15) is 5.11 Å². The lowest BCUT2D eigenvalue weighted by Gasteiger charge is -2.14. The monoisotopic (exact) mass is 334 g/mol. The van der Waals surface area contributed by atoms with Gasteiger partial charge in [0.1, 0.15) is 11.9 Å². The first-order valence-electron chi connectivity index (χ1n) is 6.78. The summed E-state index contributed by atoms with van der Waals surface area (Å²) in [7, 11) is 0. The van der Waals surface area contributed by atoms with Crippen LogP contribution in [0.15, 0.2) is 46.9 Å². The Morgan fingerprint density at radius 1 is 1.15 bits per heavy atom. The van der Waals surface area contributed by atoms with Gasteiger partial charge in [-0.1, -0.05) is 42.8 Å². The molecule has 2 rings (SSSR count). The Labute approximate surface area is 128 Å². The van der Waals surface area contributed by atoms with E-state index in [1.54, 1.807) is 0 Å². The van der Waals surface area contributed by atoms with E-state index < -0.39 is 6.10 Å². The van der Waals surface area contributed by atoms with Crippen molar-refractivity contribution in [3.8, 4) is 5.75 Å². The van der Waals surface area contributed by atoms with Crippen LogP contribution < -0.4 is 4.74 Å². The average molecular weight is 335 g/mol. The fourth-order valence-electron chi connectivity index (χ4n) is 2.05. The minimum absolute atomic E-state index is 0.619. The molecule has 0 aliphatic carbocycles. The second-order valence-electron chi connectivity index (χ2n) is 4.85. The first kappa shape index (κ1) is 15.1. The van der Waals surface area contributed by atoms with Gasteiger partial charge < -0.3 is 9.84 Å². The molecule has 2 aromatic carbocycles. The molecule has 0 aliphatic heterocycles. The van der Waals surface area contributed by atoms with Crippen molar-refractivity contribution in [1.29, 1.82) is 0 Å². The lowest BCUT2D eigenvalue weighted by atomic mass is 10.00. The molecule has 2 aromatic rings. The van der Waals surface area contributed by atoms with Crippen LogP contribution in [-0.4, -0.2) is 11.7 Å². The summed E-state index contributed by atoms with van der Waals surface area (Å²) >= 11 is 3.50. The maximum absolute atomic E-state index is 10.4. The maximum Gasteiger partial charge on any atom is 0.133 e. The molecule has 0 heterocycles. The zero-order valence-corrected chi connectivity index (χ0v) is 13.4. The highest BCUT2D eigenvalue weighted by Crippen LogP contribution is 2.31. The van der Waals surface area contributed by atoms with Gasteiger partial charge >= 0.3 is 0 Å². The molecule has 3 heteroatoms. The van der Waals surface area contributed by atoms with Crippen molar-refractivity contribution in [1.82, 2.24) is 0 Å². The van der Waals surface area contributed by atoms with Gasteiger partial charge in [0, 0.05) is 0 Å². The van der Waals surface area contributed by atoms with Crippen molar-refractivity contribution in [2.75, 3.05) is 6.61 Å². The van der Waals surface area contributed by atoms with Crippen LogP contribution in [0, 0.1) is 6.92 Å². The lowest BCUT2D eigenvalue weighted by Crippen LogP contribution is -2.01. The first-order valence-corrected chi connectivity index (χ1v) is 7.58. The molecule has 20 heavy (non-hydrogen) atoms. The molecular weight excluding hydrogens is 316 g/mol. The number of benzene rings is 2. The largest absolute Gasteiger partial charge is 0.492 e. The molecule has 2 nitrogen and oxygen atoms in total. The van der Waals surface area contributed by atoms with Crippen molar-refractivity contribution < 1.29 is 9.84 Å². The standard InChI is InChI=1S/C17H19BrO2/c1-3-9-20-16-8-7-14(11-15(16)18)17(19)13-6-4-5-12(2)10-13/h4-8,10-11,17,19H,3,9H2,1-2H3. The van der Waals surface area contributed by atoms with Crippen LogP contribution in [0.5, 0.6) is 5.75 Å². The summed E-state index contributed by atoms with van der Waals surface area (Å²) in [6.07, 6.45) is 0.353. The molecule has 1 N–H and O–H groups in total. The third-order valence-corrected chi connectivity index (χ3v) is 3.71. The van der Waals surface area contributed by atoms with E-state index in [0.717, 1.165) is 33.3 Å². The number of rotatable bonds is 5. The normalized spacial score (nSPS) is 12.2. The molecule has 0 fully saturated rings. The zero-order valence-electron chi connectivity index (χ0n) is 11.8. The van der Waals surface area contributed by atoms with Gasteiger partial charge in [0.05, 0.1) is 11.1 Å². The van der Waals surface area contributed by atoms with E-state index in [4.69, 9.17) is 4.74 Å². The molecule has 106 valence electrons. The molecule has 0 spiro atoms. The molecule has 0 amide bonds. The molecule has 0 saturated carbocycles. The number of hydrogen-bond acceptors (Lipinski definition) is 2. The molecule has 1 atom stereocenters. The summed E-state index contributed by atoms with van der Waals surface area (Å²) in [5.74, 6) is 0.812. The van der Waals surface area contributed by atoms with E-state index in [2.05, 4.69) is 22.9 Å². The quantitative estimate of drug-likeness (QED) is 0.863. The van der Waals surface area contributed by atoms with Gasteiger partial charge in [0.15, 0.2) is 0 Å². The number of aliphatic hydroxyl groups is 1. The molecule has 0 aromatic heterocycles. The Morgan fingerprint density at radius 2 is 1.90 bits per heavy atom. The van der Waals surface area contributed by atoms with Crippen LogP contribution in [-0.2, 0) is 0 Å². The minimum atomic E-state index is -0.619. The Morgan fingerprint density at radius 3 is 2.55 bits per heavy atom. The van der Waals surface area contributed by atoms with Crippen molar-refractivity contribution >= 4 is 15.9 Å². The van der Waals surface area contributed by atoms with Gasteiger partial charge in [-0.25, -0.2) is 0 Å². The fourth-order valence-corrected chi connectivity index (χ4v) is 2.56. The smallest absolute Gasteiger partial charge is 0.133 e. The molecule has 1 unspecified atom stereocenters. The summed E-state index contributed by atoms with van der Waals surface area (Å²) < 4.78 is 6.49. The SMILES string of the molecule is CCCOc1ccc(C(O)c2cccc(C)c2)cc1Br. The Kier molecular flexibility index (Phi) is 5.21. The molecular formula is C17H19BrO2. The maximum atomic E-state index is 10.4. The van der Waals surface area contributed by atoms with E-state index in [1.165, 1.54) is 0 Å². The summed E-state index contributed by atoms with van der Waals surface area (Å²) in [5.41, 5.74) is 2.90. The predicted molar refractivity (Wildman–Crippen MR) is 85.2 cm³/mol. The van der Waals surface area contributed by atoms with E-state index in [1.807, 2.05) is 49.4 Å². The lowest BCUT2D eigenvalue weighted by molar-refractivity contribution is 0.220. The van der Waals surface area contributed by atoms with Gasteiger partial charge in [0.25, 0.3) is 0 Å². The van der Waals surface area contributed by atoms with Gasteiger partial charge in [-0.3, -0.25) is 0 Å². The highest BCUT2D eigenvalue weighted by atomic mass is 79.9. The average Bonchev–Trinajstić information content (AvgIpc) is 2.45. The van der Waals surface area contributed by atoms with Crippen LogP contribution in [0.1, 0.15) is 36.1 Å². The molecule has 0 radical (unpaired) electrons. The Hall–Kier alpha value is -1.32. The van der Waals surface area contributed by atoms with Crippen LogP contribution in [0.25, 0.3) is 0 Å². The fraction of sp³-hybridized carbons (Fsp3) is 0.294. The van der Waals surface area contributed by atoms with Gasteiger partial charge in [0.2, 0.25) is 0 Å². The summed E-state index contributed by atoms with van der Waals surface area (Å²) in [4.78, 5) is 0. The summed E-state index contributed by atoms with van der Waals surface area (Å²) in [6, 6.07) is 13.6. The van der Waals surface area contributed by atoms with Crippen molar-refractivity contribution in [3.63, 3.8) is 0 Å². The van der Waals surface area contributed by atoms with Gasteiger partial charge in [-0.2, -0.15) is 0 Å². The van der Waals surface area contributed by atoms with Crippen LogP contribution in [0.2, 0.25) is 0 Å². The van der Waals surface area contributed by atoms with Crippen molar-refractivity contribution in [2.45, 2.75) is 26.4 Å². The highest BCUT2D eigenvalue weighted by Gasteiger charge is 2.12. The summed E-state index contributed by atoms with van der Waals surface area (Å²) in [6.45, 7) is 4.79. The Balaban J connectivity index is 2.22. The van der Waals surface area contributed by atoms with Gasteiger partial charge in [-0.05, 0) is 52.5 Å². The van der Waals surface area contributed by atoms with Crippen molar-refractivity contribution in [3.05, 3.63) is 63.6 Å². The first-order chi connectivity index (χ1) is 9.61. The van der Waals surface area contributed by atoms with Crippen LogP contribution in [0.3, 0.4) is 0 Å².